The number of nitrogens with one attached hydrogen (secondary N) is 2. The van der Waals surface area contributed by atoms with Gasteiger partial charge in [-0.3, -0.25) is 0 Å². The van der Waals surface area contributed by atoms with Gasteiger partial charge in [-0.05, 0) is 40.5 Å². The molecule has 0 saturated carbocycles. The van der Waals surface area contributed by atoms with Crippen LogP contribution in [0.25, 0.3) is 10.9 Å². The number of benzene rings is 4. The third-order valence-corrected chi connectivity index (χ3v) is 6.90. The molecule has 0 saturated heterocycles. The Morgan fingerprint density at radius 1 is 0.771 bits per heavy atom. The fraction of sp³-hybridized carbons (Fsp3) is 0.161. The maximum absolute atomic E-state index is 6.22. The van der Waals surface area contributed by atoms with Crippen LogP contribution in [-0.2, 0) is 6.61 Å². The number of aromatic nitrogens is 1. The van der Waals surface area contributed by atoms with Gasteiger partial charge in [-0.1, -0.05) is 84.9 Å². The van der Waals surface area contributed by atoms with Crippen molar-refractivity contribution in [1.29, 1.82) is 0 Å². The van der Waals surface area contributed by atoms with Crippen LogP contribution in [0.3, 0.4) is 0 Å². The summed E-state index contributed by atoms with van der Waals surface area (Å²) < 4.78 is 11.8. The predicted octanol–water partition coefficient (Wildman–Crippen LogP) is 6.58. The summed E-state index contributed by atoms with van der Waals surface area (Å²) in [6.45, 7) is 1.35. The van der Waals surface area contributed by atoms with Crippen molar-refractivity contribution in [1.82, 2.24) is 10.3 Å². The molecular formula is C31H28N2O2. The Kier molecular flexibility index (Phi) is 5.73. The minimum atomic E-state index is 0.0299. The summed E-state index contributed by atoms with van der Waals surface area (Å²) in [6, 6.07) is 35.8. The van der Waals surface area contributed by atoms with Gasteiger partial charge < -0.3 is 19.8 Å². The van der Waals surface area contributed by atoms with Gasteiger partial charge >= 0.3 is 0 Å². The summed E-state index contributed by atoms with van der Waals surface area (Å²) in [4.78, 5) is 3.74. The Labute approximate surface area is 205 Å². The molecule has 0 spiro atoms. The molecule has 0 radical (unpaired) electrons. The van der Waals surface area contributed by atoms with Crippen molar-refractivity contribution in [3.8, 4) is 11.5 Å². The van der Waals surface area contributed by atoms with Crippen molar-refractivity contribution >= 4 is 10.9 Å². The zero-order chi connectivity index (χ0) is 23.6. The number of para-hydroxylation sites is 1. The lowest BCUT2D eigenvalue weighted by Crippen LogP contribution is -2.34. The molecule has 1 aliphatic heterocycles. The first kappa shape index (κ1) is 21.5. The van der Waals surface area contributed by atoms with E-state index >= 15 is 0 Å². The minimum Gasteiger partial charge on any atom is -0.493 e. The van der Waals surface area contributed by atoms with Crippen LogP contribution < -0.4 is 14.8 Å². The second-order valence-corrected chi connectivity index (χ2v) is 8.99. The molecule has 0 aliphatic carbocycles. The van der Waals surface area contributed by atoms with Crippen molar-refractivity contribution in [2.45, 2.75) is 18.6 Å². The van der Waals surface area contributed by atoms with Crippen molar-refractivity contribution < 1.29 is 9.47 Å². The highest BCUT2D eigenvalue weighted by molar-refractivity contribution is 5.86. The highest BCUT2D eigenvalue weighted by Gasteiger charge is 2.32. The van der Waals surface area contributed by atoms with Crippen molar-refractivity contribution in [2.24, 2.45) is 0 Å². The third kappa shape index (κ3) is 4.07. The van der Waals surface area contributed by atoms with Crippen molar-refractivity contribution in [3.63, 3.8) is 0 Å². The number of fused-ring (bicyclic) bond motifs is 3. The number of ether oxygens (including phenoxy) is 2. The van der Waals surface area contributed by atoms with Gasteiger partial charge in [0.2, 0.25) is 0 Å². The van der Waals surface area contributed by atoms with Gasteiger partial charge in [-0.25, -0.2) is 0 Å². The molecule has 0 amide bonds. The molecule has 0 bridgehead atoms. The zero-order valence-electron chi connectivity index (χ0n) is 19.7. The first-order valence-electron chi connectivity index (χ1n) is 12.1. The van der Waals surface area contributed by atoms with Gasteiger partial charge in [0.05, 0.1) is 13.2 Å². The topological polar surface area (TPSA) is 46.3 Å². The largest absolute Gasteiger partial charge is 0.493 e. The fourth-order valence-corrected chi connectivity index (χ4v) is 5.20. The Morgan fingerprint density at radius 2 is 1.51 bits per heavy atom. The Bertz CT molecular complexity index is 1440. The lowest BCUT2D eigenvalue weighted by Gasteiger charge is -2.31. The van der Waals surface area contributed by atoms with E-state index in [4.69, 9.17) is 9.47 Å². The molecule has 4 aromatic carbocycles. The molecule has 35 heavy (non-hydrogen) atoms. The molecular weight excluding hydrogens is 432 g/mol. The van der Waals surface area contributed by atoms with Crippen LogP contribution >= 0.6 is 0 Å². The molecule has 2 N–H and O–H groups in total. The van der Waals surface area contributed by atoms with E-state index in [2.05, 4.69) is 89.2 Å². The number of aromatic amines is 1. The van der Waals surface area contributed by atoms with E-state index < -0.39 is 0 Å². The second kappa shape index (κ2) is 9.32. The summed E-state index contributed by atoms with van der Waals surface area (Å²) in [7, 11) is 1.68. The van der Waals surface area contributed by atoms with Gasteiger partial charge in [0, 0.05) is 29.1 Å². The molecule has 4 heteroatoms. The van der Waals surface area contributed by atoms with Gasteiger partial charge in [0.15, 0.2) is 11.5 Å². The molecule has 4 nitrogen and oxygen atoms in total. The van der Waals surface area contributed by atoms with E-state index in [1.165, 1.54) is 27.7 Å². The Morgan fingerprint density at radius 3 is 2.31 bits per heavy atom. The van der Waals surface area contributed by atoms with Gasteiger partial charge in [-0.2, -0.15) is 0 Å². The number of hydrogen-bond acceptors (Lipinski definition) is 3. The fourth-order valence-electron chi connectivity index (χ4n) is 5.20. The van der Waals surface area contributed by atoms with Crippen LogP contribution in [0.1, 0.15) is 39.9 Å². The minimum absolute atomic E-state index is 0.0299. The van der Waals surface area contributed by atoms with E-state index in [1.54, 1.807) is 7.11 Å². The van der Waals surface area contributed by atoms with Crippen LogP contribution in [0.2, 0.25) is 0 Å². The summed E-state index contributed by atoms with van der Waals surface area (Å²) in [5.41, 5.74) is 7.35. The monoisotopic (exact) mass is 460 g/mol. The maximum atomic E-state index is 6.22. The second-order valence-electron chi connectivity index (χ2n) is 8.99. The molecule has 0 fully saturated rings. The molecule has 0 unspecified atom stereocenters. The zero-order valence-corrected chi connectivity index (χ0v) is 19.7. The van der Waals surface area contributed by atoms with Crippen LogP contribution in [0.15, 0.2) is 103 Å². The van der Waals surface area contributed by atoms with E-state index in [0.717, 1.165) is 29.2 Å². The number of H-pyrrole nitrogens is 1. The highest BCUT2D eigenvalue weighted by Crippen LogP contribution is 2.42. The molecule has 2 atom stereocenters. The average Bonchev–Trinajstić information content (AvgIpc) is 3.32. The number of methoxy groups -OCH3 is 1. The van der Waals surface area contributed by atoms with E-state index in [9.17, 15) is 0 Å². The van der Waals surface area contributed by atoms with E-state index in [0.29, 0.717) is 6.61 Å². The molecule has 6 rings (SSSR count). The molecule has 2 heterocycles. The number of rotatable bonds is 6. The first-order valence-corrected chi connectivity index (χ1v) is 12.1. The third-order valence-electron chi connectivity index (χ3n) is 6.90. The SMILES string of the molecule is COc1ccc([C@@H]2NC[C@H](c3ccccc3)c3c2[nH]c2ccccc32)cc1OCc1ccccc1. The Balaban J connectivity index is 1.40. The predicted molar refractivity (Wildman–Crippen MR) is 140 cm³/mol. The Hall–Kier alpha value is -4.02. The lowest BCUT2D eigenvalue weighted by atomic mass is 9.83. The van der Waals surface area contributed by atoms with Crippen molar-refractivity contribution in [2.75, 3.05) is 13.7 Å². The van der Waals surface area contributed by atoms with Crippen LogP contribution in [0, 0.1) is 0 Å². The smallest absolute Gasteiger partial charge is 0.162 e. The highest BCUT2D eigenvalue weighted by atomic mass is 16.5. The van der Waals surface area contributed by atoms with Crippen LogP contribution in [0.5, 0.6) is 11.5 Å². The lowest BCUT2D eigenvalue weighted by molar-refractivity contribution is 0.284. The standard InChI is InChI=1S/C31H28N2O2/c1-34-27-17-16-23(18-28(27)35-20-21-10-4-2-5-11-21)30-31-29(24-14-8-9-15-26(24)33-31)25(19-32-30)22-12-6-3-7-13-22/h2-18,25,30,32-33H,19-20H2,1H3/t25-,30+/m1/s1. The summed E-state index contributed by atoms with van der Waals surface area (Å²) in [6.07, 6.45) is 0. The van der Waals surface area contributed by atoms with E-state index in [1.807, 2.05) is 24.3 Å². The van der Waals surface area contributed by atoms with Crippen LogP contribution in [0.4, 0.5) is 0 Å². The maximum Gasteiger partial charge on any atom is 0.162 e. The molecule has 1 aromatic heterocycles. The summed E-state index contributed by atoms with van der Waals surface area (Å²) in [5, 5.41) is 5.10. The van der Waals surface area contributed by atoms with Gasteiger partial charge in [-0.15, -0.1) is 0 Å². The molecule has 5 aromatic rings. The van der Waals surface area contributed by atoms with Crippen molar-refractivity contribution in [3.05, 3.63) is 131 Å². The normalized spacial score (nSPS) is 17.2. The first-order chi connectivity index (χ1) is 17.3. The summed E-state index contributed by atoms with van der Waals surface area (Å²) >= 11 is 0. The average molecular weight is 461 g/mol. The molecule has 1 aliphatic rings. The van der Waals surface area contributed by atoms with E-state index in [-0.39, 0.29) is 12.0 Å². The number of hydrogen-bond donors (Lipinski definition) is 2. The quantitative estimate of drug-likeness (QED) is 0.301. The summed E-state index contributed by atoms with van der Waals surface area (Å²) in [5.74, 6) is 1.77. The van der Waals surface area contributed by atoms with Gasteiger partial charge in [0.25, 0.3) is 0 Å². The van der Waals surface area contributed by atoms with Gasteiger partial charge in [0.1, 0.15) is 6.61 Å². The van der Waals surface area contributed by atoms with Crippen LogP contribution in [-0.4, -0.2) is 18.6 Å². The molecule has 174 valence electrons.